The molecule has 1 aromatic heterocycles. The maximum atomic E-state index is 12.0. The number of fused-ring (bicyclic) bond motifs is 1. The summed E-state index contributed by atoms with van der Waals surface area (Å²) in [6.45, 7) is 0.933. The molecule has 2 N–H and O–H groups in total. The number of rotatable bonds is 7. The lowest BCUT2D eigenvalue weighted by molar-refractivity contribution is 0.240. The Morgan fingerprint density at radius 1 is 1.04 bits per heavy atom. The van der Waals surface area contributed by atoms with E-state index in [0.717, 1.165) is 22.1 Å². The normalized spacial score (nSPS) is 10.5. The Morgan fingerprint density at radius 3 is 2.65 bits per heavy atom. The number of carbonyl (C=O) groups excluding carboxylic acids is 1. The summed E-state index contributed by atoms with van der Waals surface area (Å²) in [6.07, 6.45) is 2.45. The predicted molar refractivity (Wildman–Crippen MR) is 99.7 cm³/mol. The van der Waals surface area contributed by atoms with Gasteiger partial charge in [0, 0.05) is 18.5 Å². The molecule has 1 heterocycles. The van der Waals surface area contributed by atoms with Crippen LogP contribution in [0.1, 0.15) is 11.1 Å². The fourth-order valence-electron chi connectivity index (χ4n) is 2.77. The van der Waals surface area contributed by atoms with Crippen molar-refractivity contribution in [2.24, 2.45) is 0 Å². The van der Waals surface area contributed by atoms with Gasteiger partial charge < -0.3 is 24.5 Å². The van der Waals surface area contributed by atoms with Crippen molar-refractivity contribution >= 4 is 17.0 Å². The first-order chi connectivity index (χ1) is 12.7. The van der Waals surface area contributed by atoms with Crippen molar-refractivity contribution in [3.05, 3.63) is 59.9 Å². The lowest BCUT2D eigenvalue weighted by Crippen LogP contribution is -2.36. The van der Waals surface area contributed by atoms with Crippen LogP contribution in [0, 0.1) is 0 Å². The maximum Gasteiger partial charge on any atom is 0.315 e. The smallest absolute Gasteiger partial charge is 0.315 e. The summed E-state index contributed by atoms with van der Waals surface area (Å²) < 4.78 is 16.0. The third kappa shape index (κ3) is 4.08. The molecular formula is C20H22N2O4. The van der Waals surface area contributed by atoms with E-state index in [0.29, 0.717) is 31.0 Å². The van der Waals surface area contributed by atoms with Crippen molar-refractivity contribution in [2.75, 3.05) is 20.8 Å². The molecule has 0 saturated carbocycles. The van der Waals surface area contributed by atoms with Crippen molar-refractivity contribution in [1.29, 1.82) is 0 Å². The maximum absolute atomic E-state index is 12.0. The molecule has 26 heavy (non-hydrogen) atoms. The number of nitrogens with one attached hydrogen (secondary N) is 2. The zero-order valence-corrected chi connectivity index (χ0v) is 14.9. The van der Waals surface area contributed by atoms with Gasteiger partial charge in [0.2, 0.25) is 0 Å². The number of benzene rings is 2. The van der Waals surface area contributed by atoms with Gasteiger partial charge in [0.25, 0.3) is 0 Å². The van der Waals surface area contributed by atoms with E-state index in [2.05, 4.69) is 10.6 Å². The van der Waals surface area contributed by atoms with Crippen molar-refractivity contribution in [1.82, 2.24) is 10.6 Å². The Labute approximate surface area is 152 Å². The third-order valence-electron chi connectivity index (χ3n) is 4.14. The molecular weight excluding hydrogens is 332 g/mol. The molecule has 0 aliphatic carbocycles. The van der Waals surface area contributed by atoms with E-state index in [-0.39, 0.29) is 6.03 Å². The highest BCUT2D eigenvalue weighted by Crippen LogP contribution is 2.27. The number of amides is 2. The Hall–Kier alpha value is -3.15. The second kappa shape index (κ2) is 8.29. The number of methoxy groups -OCH3 is 2. The summed E-state index contributed by atoms with van der Waals surface area (Å²) >= 11 is 0. The van der Waals surface area contributed by atoms with Crippen molar-refractivity contribution in [3.8, 4) is 11.5 Å². The van der Waals surface area contributed by atoms with Crippen LogP contribution in [0.15, 0.2) is 53.1 Å². The van der Waals surface area contributed by atoms with Gasteiger partial charge in [-0.25, -0.2) is 4.79 Å². The number of hydrogen-bond acceptors (Lipinski definition) is 4. The van der Waals surface area contributed by atoms with Gasteiger partial charge in [0.1, 0.15) is 5.58 Å². The lowest BCUT2D eigenvalue weighted by Gasteiger charge is -2.11. The van der Waals surface area contributed by atoms with Gasteiger partial charge in [-0.3, -0.25) is 0 Å². The molecule has 0 atom stereocenters. The number of furan rings is 1. The van der Waals surface area contributed by atoms with Gasteiger partial charge in [-0.15, -0.1) is 0 Å². The number of carbonyl (C=O) groups is 1. The molecule has 0 saturated heterocycles. The number of urea groups is 1. The number of hydrogen-bond donors (Lipinski definition) is 2. The number of para-hydroxylation sites is 1. The van der Waals surface area contributed by atoms with Crippen LogP contribution in [0.2, 0.25) is 0 Å². The molecule has 6 nitrogen and oxygen atoms in total. The third-order valence-corrected chi connectivity index (χ3v) is 4.14. The highest BCUT2D eigenvalue weighted by molar-refractivity contribution is 5.81. The fraction of sp³-hybridized carbons (Fsp3) is 0.250. The van der Waals surface area contributed by atoms with E-state index in [4.69, 9.17) is 13.9 Å². The standard InChI is InChI=1S/C20H22N2O4/c1-24-18-8-7-14(11-19(18)25-2)12-22-20(23)21-10-9-15-13-26-17-6-4-3-5-16(15)17/h3-8,11,13H,9-10,12H2,1-2H3,(H2,21,22,23). The largest absolute Gasteiger partial charge is 0.493 e. The first kappa shape index (κ1) is 17.7. The molecule has 3 aromatic rings. The summed E-state index contributed by atoms with van der Waals surface area (Å²) in [6, 6.07) is 13.2. The van der Waals surface area contributed by atoms with E-state index in [1.165, 1.54) is 0 Å². The average molecular weight is 354 g/mol. The van der Waals surface area contributed by atoms with Crippen molar-refractivity contribution in [2.45, 2.75) is 13.0 Å². The summed E-state index contributed by atoms with van der Waals surface area (Å²) in [7, 11) is 3.17. The van der Waals surface area contributed by atoms with E-state index in [1.54, 1.807) is 20.5 Å². The van der Waals surface area contributed by atoms with Crippen molar-refractivity contribution in [3.63, 3.8) is 0 Å². The van der Waals surface area contributed by atoms with Crippen LogP contribution in [-0.2, 0) is 13.0 Å². The molecule has 0 fully saturated rings. The SMILES string of the molecule is COc1ccc(CNC(=O)NCCc2coc3ccccc23)cc1OC. The number of ether oxygens (including phenoxy) is 2. The fourth-order valence-corrected chi connectivity index (χ4v) is 2.77. The summed E-state index contributed by atoms with van der Waals surface area (Å²) in [5.41, 5.74) is 2.87. The predicted octanol–water partition coefficient (Wildman–Crippen LogP) is 3.49. The molecule has 0 bridgehead atoms. The highest BCUT2D eigenvalue weighted by atomic mass is 16.5. The molecule has 0 aliphatic rings. The minimum absolute atomic E-state index is 0.215. The molecule has 6 heteroatoms. The molecule has 2 aromatic carbocycles. The van der Waals surface area contributed by atoms with Gasteiger partial charge in [-0.1, -0.05) is 24.3 Å². The summed E-state index contributed by atoms with van der Waals surface area (Å²) in [5.74, 6) is 1.30. The molecule has 2 amide bonds. The minimum Gasteiger partial charge on any atom is -0.493 e. The van der Waals surface area contributed by atoms with E-state index < -0.39 is 0 Å². The van der Waals surface area contributed by atoms with Crippen LogP contribution in [0.3, 0.4) is 0 Å². The first-order valence-corrected chi connectivity index (χ1v) is 8.39. The van der Waals surface area contributed by atoms with Crippen molar-refractivity contribution < 1.29 is 18.7 Å². The average Bonchev–Trinajstić information content (AvgIpc) is 3.09. The van der Waals surface area contributed by atoms with Gasteiger partial charge in [-0.2, -0.15) is 0 Å². The Balaban J connectivity index is 1.47. The Morgan fingerprint density at radius 2 is 1.85 bits per heavy atom. The van der Waals surface area contributed by atoms with Crippen LogP contribution >= 0.6 is 0 Å². The second-order valence-electron chi connectivity index (χ2n) is 5.81. The quantitative estimate of drug-likeness (QED) is 0.681. The zero-order chi connectivity index (χ0) is 18.4. The van der Waals surface area contributed by atoms with Gasteiger partial charge in [0.05, 0.1) is 20.5 Å². The Bertz CT molecular complexity index is 888. The molecule has 0 unspecified atom stereocenters. The van der Waals surface area contributed by atoms with Crippen LogP contribution in [0.5, 0.6) is 11.5 Å². The molecule has 136 valence electrons. The van der Waals surface area contributed by atoms with Crippen LogP contribution in [0.25, 0.3) is 11.0 Å². The monoisotopic (exact) mass is 354 g/mol. The van der Waals surface area contributed by atoms with Crippen LogP contribution in [0.4, 0.5) is 4.79 Å². The molecule has 0 aliphatic heterocycles. The summed E-state index contributed by atoms with van der Waals surface area (Å²) in [4.78, 5) is 12.0. The first-order valence-electron chi connectivity index (χ1n) is 8.39. The van der Waals surface area contributed by atoms with Gasteiger partial charge >= 0.3 is 6.03 Å². The molecule has 0 radical (unpaired) electrons. The van der Waals surface area contributed by atoms with Crippen LogP contribution < -0.4 is 20.1 Å². The van der Waals surface area contributed by atoms with E-state index in [1.807, 2.05) is 42.5 Å². The Kier molecular flexibility index (Phi) is 5.63. The lowest BCUT2D eigenvalue weighted by atomic mass is 10.1. The second-order valence-corrected chi connectivity index (χ2v) is 5.81. The van der Waals surface area contributed by atoms with E-state index >= 15 is 0 Å². The minimum atomic E-state index is -0.215. The summed E-state index contributed by atoms with van der Waals surface area (Å²) in [5, 5.41) is 6.78. The topological polar surface area (TPSA) is 72.7 Å². The molecule has 3 rings (SSSR count). The van der Waals surface area contributed by atoms with E-state index in [9.17, 15) is 4.79 Å². The zero-order valence-electron chi connectivity index (χ0n) is 14.9. The molecule has 0 spiro atoms. The van der Waals surface area contributed by atoms with Crippen LogP contribution in [-0.4, -0.2) is 26.8 Å². The van der Waals surface area contributed by atoms with Gasteiger partial charge in [-0.05, 0) is 35.7 Å². The van der Waals surface area contributed by atoms with Gasteiger partial charge in [0.15, 0.2) is 11.5 Å². The highest BCUT2D eigenvalue weighted by Gasteiger charge is 2.07.